The Bertz CT molecular complexity index is 512. The summed E-state index contributed by atoms with van der Waals surface area (Å²) in [6.07, 6.45) is -0.253. The molecule has 0 saturated heterocycles. The highest BCUT2D eigenvalue weighted by Crippen LogP contribution is 2.27. The maximum absolute atomic E-state index is 12.3. The predicted octanol–water partition coefficient (Wildman–Crippen LogP) is 1.33. The van der Waals surface area contributed by atoms with Gasteiger partial charge in [0.05, 0.1) is 25.2 Å². The standard InChI is InChI=1S/C12H12F2N2O3/c1-18-11(17)4-9-8(6-16)2-7(5-15)3-10(9)19-12(13)14/h2-3,12H,4,6,16H2,1H3. The Balaban J connectivity index is 3.29. The van der Waals surface area contributed by atoms with Crippen LogP contribution in [0.3, 0.4) is 0 Å². The Kier molecular flexibility index (Phi) is 5.21. The van der Waals surface area contributed by atoms with Crippen molar-refractivity contribution in [1.29, 1.82) is 5.26 Å². The molecule has 1 rings (SSSR count). The molecule has 0 aliphatic heterocycles. The number of nitriles is 1. The number of alkyl halides is 2. The summed E-state index contributed by atoms with van der Waals surface area (Å²) in [5.41, 5.74) is 6.21. The normalized spacial score (nSPS) is 10.1. The van der Waals surface area contributed by atoms with Crippen molar-refractivity contribution in [3.05, 3.63) is 28.8 Å². The molecule has 7 heteroatoms. The molecule has 2 N–H and O–H groups in total. The van der Waals surface area contributed by atoms with E-state index in [9.17, 15) is 13.6 Å². The summed E-state index contributed by atoms with van der Waals surface area (Å²) < 4.78 is 33.5. The second kappa shape index (κ2) is 6.66. The minimum Gasteiger partial charge on any atom is -0.469 e. The van der Waals surface area contributed by atoms with Crippen molar-refractivity contribution >= 4 is 5.97 Å². The number of benzene rings is 1. The molecular formula is C12H12F2N2O3. The molecule has 0 atom stereocenters. The first kappa shape index (κ1) is 14.9. The highest BCUT2D eigenvalue weighted by molar-refractivity contribution is 5.74. The quantitative estimate of drug-likeness (QED) is 0.816. The van der Waals surface area contributed by atoms with Crippen LogP contribution in [0.2, 0.25) is 0 Å². The number of halogens is 2. The Morgan fingerprint density at radius 3 is 2.68 bits per heavy atom. The van der Waals surface area contributed by atoms with Gasteiger partial charge in [-0.1, -0.05) is 0 Å². The topological polar surface area (TPSA) is 85.3 Å². The third kappa shape index (κ3) is 3.89. The fourth-order valence-corrected chi connectivity index (χ4v) is 1.57. The van der Waals surface area contributed by atoms with Gasteiger partial charge in [-0.05, 0) is 17.7 Å². The number of carbonyl (C=O) groups is 1. The van der Waals surface area contributed by atoms with Gasteiger partial charge < -0.3 is 15.2 Å². The molecule has 1 aromatic carbocycles. The lowest BCUT2D eigenvalue weighted by molar-refractivity contribution is -0.139. The van der Waals surface area contributed by atoms with Gasteiger partial charge in [-0.3, -0.25) is 4.79 Å². The van der Waals surface area contributed by atoms with Gasteiger partial charge in [0.25, 0.3) is 0 Å². The van der Waals surface area contributed by atoms with Gasteiger partial charge in [-0.25, -0.2) is 0 Å². The van der Waals surface area contributed by atoms with Gasteiger partial charge in [-0.15, -0.1) is 0 Å². The van der Waals surface area contributed by atoms with Crippen LogP contribution in [0.1, 0.15) is 16.7 Å². The minimum absolute atomic E-state index is 0.0125. The van der Waals surface area contributed by atoms with E-state index in [1.165, 1.54) is 13.2 Å². The first-order valence-corrected chi connectivity index (χ1v) is 5.29. The maximum Gasteiger partial charge on any atom is 0.387 e. The summed E-state index contributed by atoms with van der Waals surface area (Å²) in [4.78, 5) is 11.3. The molecule has 0 saturated carbocycles. The Morgan fingerprint density at radius 2 is 2.21 bits per heavy atom. The number of ether oxygens (including phenoxy) is 2. The highest BCUT2D eigenvalue weighted by Gasteiger charge is 2.18. The lowest BCUT2D eigenvalue weighted by Gasteiger charge is -2.14. The molecule has 0 radical (unpaired) electrons. The van der Waals surface area contributed by atoms with Gasteiger partial charge in [0, 0.05) is 12.1 Å². The van der Waals surface area contributed by atoms with Crippen LogP contribution in [0.5, 0.6) is 5.75 Å². The van der Waals surface area contributed by atoms with Crippen LogP contribution >= 0.6 is 0 Å². The molecule has 0 fully saturated rings. The van der Waals surface area contributed by atoms with Gasteiger partial charge >= 0.3 is 12.6 Å². The summed E-state index contributed by atoms with van der Waals surface area (Å²) in [6, 6.07) is 4.38. The number of nitrogens with two attached hydrogens (primary N) is 1. The molecule has 1 aromatic rings. The van der Waals surface area contributed by atoms with Gasteiger partial charge in [-0.2, -0.15) is 14.0 Å². The van der Waals surface area contributed by atoms with E-state index in [-0.39, 0.29) is 29.8 Å². The van der Waals surface area contributed by atoms with Crippen LogP contribution in [0.25, 0.3) is 0 Å². The van der Waals surface area contributed by atoms with Crippen molar-refractivity contribution < 1.29 is 23.0 Å². The summed E-state index contributed by atoms with van der Waals surface area (Å²) in [6.45, 7) is -3.07. The molecule has 102 valence electrons. The van der Waals surface area contributed by atoms with Crippen LogP contribution in [-0.2, 0) is 22.5 Å². The number of methoxy groups -OCH3 is 1. The minimum atomic E-state index is -3.06. The number of hydrogen-bond acceptors (Lipinski definition) is 5. The lowest BCUT2D eigenvalue weighted by Crippen LogP contribution is -2.13. The molecule has 0 amide bonds. The third-order valence-corrected chi connectivity index (χ3v) is 2.42. The van der Waals surface area contributed by atoms with E-state index in [4.69, 9.17) is 11.0 Å². The van der Waals surface area contributed by atoms with Crippen molar-refractivity contribution in [1.82, 2.24) is 0 Å². The second-order valence-corrected chi connectivity index (χ2v) is 3.56. The monoisotopic (exact) mass is 270 g/mol. The van der Waals surface area contributed by atoms with Crippen LogP contribution in [0.4, 0.5) is 8.78 Å². The molecule has 0 unspecified atom stereocenters. The molecule has 0 spiro atoms. The van der Waals surface area contributed by atoms with Gasteiger partial charge in [0.1, 0.15) is 5.75 Å². The summed E-state index contributed by atoms with van der Waals surface area (Å²) in [7, 11) is 1.18. The first-order valence-electron chi connectivity index (χ1n) is 5.29. The Labute approximate surface area is 108 Å². The zero-order valence-corrected chi connectivity index (χ0v) is 10.2. The van der Waals surface area contributed by atoms with Gasteiger partial charge in [0.2, 0.25) is 0 Å². The van der Waals surface area contributed by atoms with Crippen LogP contribution < -0.4 is 10.5 Å². The van der Waals surface area contributed by atoms with Gasteiger partial charge in [0.15, 0.2) is 0 Å². The summed E-state index contributed by atoms with van der Waals surface area (Å²) in [5.74, 6) is -0.849. The highest BCUT2D eigenvalue weighted by atomic mass is 19.3. The molecule has 0 aliphatic carbocycles. The number of esters is 1. The van der Waals surface area contributed by atoms with Crippen LogP contribution in [0, 0.1) is 11.3 Å². The molecule has 0 aromatic heterocycles. The summed E-state index contributed by atoms with van der Waals surface area (Å²) >= 11 is 0. The first-order chi connectivity index (χ1) is 9.01. The van der Waals surface area contributed by atoms with E-state index < -0.39 is 12.6 Å². The fourth-order valence-electron chi connectivity index (χ4n) is 1.57. The molecule has 0 heterocycles. The smallest absolute Gasteiger partial charge is 0.387 e. The number of carbonyl (C=O) groups excluding carboxylic acids is 1. The van der Waals surface area contributed by atoms with Crippen molar-refractivity contribution in [2.45, 2.75) is 19.6 Å². The van der Waals surface area contributed by atoms with E-state index in [1.54, 1.807) is 0 Å². The second-order valence-electron chi connectivity index (χ2n) is 3.56. The van der Waals surface area contributed by atoms with E-state index in [2.05, 4.69) is 9.47 Å². The van der Waals surface area contributed by atoms with E-state index in [1.807, 2.05) is 6.07 Å². The molecule has 5 nitrogen and oxygen atoms in total. The largest absolute Gasteiger partial charge is 0.469 e. The van der Waals surface area contributed by atoms with Crippen molar-refractivity contribution in [2.24, 2.45) is 5.73 Å². The molecule has 19 heavy (non-hydrogen) atoms. The average molecular weight is 270 g/mol. The van der Waals surface area contributed by atoms with Crippen molar-refractivity contribution in [2.75, 3.05) is 7.11 Å². The van der Waals surface area contributed by atoms with Crippen molar-refractivity contribution in [3.8, 4) is 11.8 Å². The van der Waals surface area contributed by atoms with E-state index in [0.717, 1.165) is 6.07 Å². The summed E-state index contributed by atoms with van der Waals surface area (Å²) in [5, 5.41) is 8.81. The average Bonchev–Trinajstić information content (AvgIpc) is 2.39. The Hall–Kier alpha value is -2.20. The third-order valence-electron chi connectivity index (χ3n) is 2.42. The van der Waals surface area contributed by atoms with Crippen LogP contribution in [-0.4, -0.2) is 19.7 Å². The molecular weight excluding hydrogens is 258 g/mol. The maximum atomic E-state index is 12.3. The number of nitrogens with zero attached hydrogens (tertiary/aromatic N) is 1. The lowest BCUT2D eigenvalue weighted by atomic mass is 10.0. The molecule has 0 aliphatic rings. The molecule has 0 bridgehead atoms. The predicted molar refractivity (Wildman–Crippen MR) is 61.4 cm³/mol. The SMILES string of the molecule is COC(=O)Cc1c(CN)cc(C#N)cc1OC(F)F. The Morgan fingerprint density at radius 1 is 1.53 bits per heavy atom. The zero-order chi connectivity index (χ0) is 14.4. The number of hydrogen-bond donors (Lipinski definition) is 1. The van der Waals surface area contributed by atoms with Crippen molar-refractivity contribution in [3.63, 3.8) is 0 Å². The van der Waals surface area contributed by atoms with Crippen LogP contribution in [0.15, 0.2) is 12.1 Å². The number of rotatable bonds is 5. The van der Waals surface area contributed by atoms with E-state index >= 15 is 0 Å². The zero-order valence-electron chi connectivity index (χ0n) is 10.2. The fraction of sp³-hybridized carbons (Fsp3) is 0.333. The van der Waals surface area contributed by atoms with E-state index in [0.29, 0.717) is 5.56 Å².